The zero-order valence-corrected chi connectivity index (χ0v) is 4.99. The van der Waals surface area contributed by atoms with Crippen molar-refractivity contribution in [3.8, 4) is 0 Å². The first-order valence-electron chi connectivity index (χ1n) is 3.34. The molecule has 1 aliphatic heterocycles. The predicted octanol–water partition coefficient (Wildman–Crippen LogP) is -1.63. The number of hydrogen-bond acceptors (Lipinski definition) is 4. The van der Waals surface area contributed by atoms with Gasteiger partial charge in [0.2, 0.25) is 0 Å². The molecular formula is C5H11NO3. The molecule has 0 aromatic rings. The summed E-state index contributed by atoms with van der Waals surface area (Å²) in [5.74, 6) is 0. The minimum absolute atomic E-state index is 0.244. The number of nitrogens with one attached hydrogen (secondary N) is 1. The molecule has 4 heteroatoms. The second kappa shape index (κ2) is 2.22. The van der Waals surface area contributed by atoms with Crippen molar-refractivity contribution >= 4 is 0 Å². The Kier molecular flexibility index (Phi) is 1.39. The van der Waals surface area contributed by atoms with Gasteiger partial charge in [0.25, 0.3) is 0 Å². The van der Waals surface area contributed by atoms with Crippen LogP contribution in [0.25, 0.3) is 0 Å². The molecule has 0 radical (unpaired) electrons. The van der Waals surface area contributed by atoms with E-state index >= 15 is 0 Å². The van der Waals surface area contributed by atoms with Gasteiger partial charge in [-0.05, 0) is 12.8 Å². The second-order valence-corrected chi connectivity index (χ2v) is 2.29. The van der Waals surface area contributed by atoms with E-state index in [1.165, 1.54) is 0 Å². The molecule has 4 N–H and O–H groups in total. The summed E-state index contributed by atoms with van der Waals surface area (Å²) in [6.45, 7) is -0.506. The van der Waals surface area contributed by atoms with Crippen molar-refractivity contribution in [1.82, 2.24) is 5.31 Å². The molecule has 1 rings (SSSR count). The van der Waals surface area contributed by atoms with Gasteiger partial charge in [0.05, 0.1) is 6.61 Å². The number of aliphatic hydroxyl groups is 3. The van der Waals surface area contributed by atoms with Gasteiger partial charge >= 0.3 is 0 Å². The van der Waals surface area contributed by atoms with Crippen LogP contribution in [0.2, 0.25) is 1.41 Å². The molecule has 9 heavy (non-hydrogen) atoms. The third-order valence-corrected chi connectivity index (χ3v) is 1.45. The van der Waals surface area contributed by atoms with Gasteiger partial charge < -0.3 is 15.3 Å². The Morgan fingerprint density at radius 3 is 2.78 bits per heavy atom. The van der Waals surface area contributed by atoms with Gasteiger partial charge in [0, 0.05) is 0 Å². The van der Waals surface area contributed by atoms with Crippen LogP contribution >= 0.6 is 0 Å². The van der Waals surface area contributed by atoms with Gasteiger partial charge in [-0.2, -0.15) is 0 Å². The Morgan fingerprint density at radius 2 is 2.56 bits per heavy atom. The van der Waals surface area contributed by atoms with E-state index in [9.17, 15) is 5.11 Å². The molecule has 1 heterocycles. The number of rotatable bonds is 1. The Bertz CT molecular complexity index is 134. The van der Waals surface area contributed by atoms with Crippen LogP contribution in [0.5, 0.6) is 0 Å². The van der Waals surface area contributed by atoms with Crippen molar-refractivity contribution in [1.29, 1.82) is 0 Å². The van der Waals surface area contributed by atoms with Crippen molar-refractivity contribution in [2.45, 2.75) is 24.8 Å². The van der Waals surface area contributed by atoms with E-state index in [-0.39, 0.29) is 6.42 Å². The van der Waals surface area contributed by atoms with Gasteiger partial charge in [0.15, 0.2) is 0 Å². The highest BCUT2D eigenvalue weighted by molar-refractivity contribution is 4.83. The lowest BCUT2D eigenvalue weighted by Gasteiger charge is -2.19. The van der Waals surface area contributed by atoms with Crippen LogP contribution in [-0.4, -0.2) is 33.9 Å². The minimum Gasteiger partial charge on any atom is -0.392 e. The van der Waals surface area contributed by atoms with E-state index in [4.69, 9.17) is 11.6 Å². The maximum atomic E-state index is 9.27. The molecule has 0 amide bonds. The van der Waals surface area contributed by atoms with Crippen molar-refractivity contribution in [2.24, 2.45) is 0 Å². The fraction of sp³-hybridized carbons (Fsp3) is 1.00. The molecule has 0 aromatic heterocycles. The molecule has 1 saturated heterocycles. The van der Waals surface area contributed by atoms with Crippen molar-refractivity contribution < 1.29 is 16.7 Å². The Morgan fingerprint density at radius 1 is 1.89 bits per heavy atom. The van der Waals surface area contributed by atoms with Crippen molar-refractivity contribution in [2.75, 3.05) is 6.61 Å². The lowest BCUT2D eigenvalue weighted by atomic mass is 10.2. The van der Waals surface area contributed by atoms with E-state index in [1.54, 1.807) is 0 Å². The first-order valence-corrected chi connectivity index (χ1v) is 2.90. The second-order valence-electron chi connectivity index (χ2n) is 2.29. The van der Waals surface area contributed by atoms with E-state index in [1.807, 2.05) is 0 Å². The van der Waals surface area contributed by atoms with Crippen LogP contribution in [0.3, 0.4) is 0 Å². The van der Waals surface area contributed by atoms with Crippen LogP contribution in [0, 0.1) is 0 Å². The molecular weight excluding hydrogens is 122 g/mol. The van der Waals surface area contributed by atoms with Gasteiger partial charge in [-0.1, -0.05) is 0 Å². The van der Waals surface area contributed by atoms with Crippen LogP contribution < -0.4 is 5.31 Å². The lowest BCUT2D eigenvalue weighted by molar-refractivity contribution is -0.0436. The van der Waals surface area contributed by atoms with Gasteiger partial charge in [0.1, 0.15) is 13.4 Å². The highest BCUT2D eigenvalue weighted by atomic mass is 16.4. The predicted molar refractivity (Wildman–Crippen MR) is 30.4 cm³/mol. The van der Waals surface area contributed by atoms with E-state index in [0.717, 1.165) is 0 Å². The molecule has 0 aliphatic carbocycles. The zero-order valence-electron chi connectivity index (χ0n) is 5.99. The van der Waals surface area contributed by atoms with E-state index < -0.39 is 18.6 Å². The number of hydrogen-bond donors (Lipinski definition) is 4. The van der Waals surface area contributed by atoms with Gasteiger partial charge in [-0.25, -0.2) is 0 Å². The van der Waals surface area contributed by atoms with Crippen molar-refractivity contribution in [3.05, 3.63) is 0 Å². The normalized spacial score (nSPS) is 47.4. The summed E-state index contributed by atoms with van der Waals surface area (Å²) in [6, 6.07) is 0. The average Bonchev–Trinajstić information content (AvgIpc) is 2.19. The molecule has 0 aromatic carbocycles. The van der Waals surface area contributed by atoms with E-state index in [2.05, 4.69) is 0 Å². The maximum Gasteiger partial charge on any atom is 0.141 e. The van der Waals surface area contributed by atoms with Gasteiger partial charge in [-0.3, -0.25) is 5.31 Å². The topological polar surface area (TPSA) is 72.7 Å². The molecule has 1 aliphatic rings. The van der Waals surface area contributed by atoms with Crippen LogP contribution in [-0.2, 0) is 0 Å². The molecule has 2 atom stereocenters. The van der Waals surface area contributed by atoms with Crippen molar-refractivity contribution in [3.63, 3.8) is 0 Å². The first-order chi connectivity index (χ1) is 4.60. The monoisotopic (exact) mass is 134 g/mol. The summed E-state index contributed by atoms with van der Waals surface area (Å²) in [5.41, 5.74) is -1.53. The fourth-order valence-corrected chi connectivity index (χ4v) is 0.887. The van der Waals surface area contributed by atoms with Gasteiger partial charge in [-0.15, -0.1) is 0 Å². The minimum atomic E-state index is -1.53. The first kappa shape index (κ1) is 5.61. The Balaban J connectivity index is 2.64. The molecule has 54 valence electrons. The lowest BCUT2D eigenvalue weighted by Crippen LogP contribution is -2.46. The molecule has 0 saturated carbocycles. The van der Waals surface area contributed by atoms with Crippen LogP contribution in [0.15, 0.2) is 0 Å². The summed E-state index contributed by atoms with van der Waals surface area (Å²) in [5, 5.41) is 27.4. The smallest absolute Gasteiger partial charge is 0.141 e. The fourth-order valence-electron chi connectivity index (χ4n) is 0.887. The largest absolute Gasteiger partial charge is 0.392 e. The zero-order chi connectivity index (χ0) is 7.78. The number of aliphatic hydroxyl groups excluding tert-OH is 2. The Labute approximate surface area is 54.6 Å². The summed E-state index contributed by atoms with van der Waals surface area (Å²) in [4.78, 5) is 0. The highest BCUT2D eigenvalue weighted by Crippen LogP contribution is 2.17. The summed E-state index contributed by atoms with van der Waals surface area (Å²) >= 11 is 0. The molecule has 1 fully saturated rings. The quantitative estimate of drug-likeness (QED) is 0.347. The standard InChI is InChI=1S/C5H11NO3/c7-3-5(9)2-1-4(8)6-5/h4,6-9H,1-3H2/t4?,5-/m0/s1/i/hD. The molecule has 0 spiro atoms. The third kappa shape index (κ3) is 1.40. The Hall–Kier alpha value is -0.160. The molecule has 1 unspecified atom stereocenters. The maximum absolute atomic E-state index is 9.27. The average molecular weight is 134 g/mol. The molecule has 4 nitrogen and oxygen atoms in total. The summed E-state index contributed by atoms with van der Waals surface area (Å²) < 4.78 is 7.07. The summed E-state index contributed by atoms with van der Waals surface area (Å²) in [6.07, 6.45) is -0.369. The third-order valence-electron chi connectivity index (χ3n) is 1.45. The van der Waals surface area contributed by atoms with E-state index in [0.29, 0.717) is 11.7 Å². The SMILES string of the molecule is [2H]N1C(O)CC[C@]1(O)CO. The summed E-state index contributed by atoms with van der Waals surface area (Å²) in [7, 11) is 0. The van der Waals surface area contributed by atoms with Crippen LogP contribution in [0.4, 0.5) is 0 Å². The highest BCUT2D eigenvalue weighted by Gasteiger charge is 2.34. The van der Waals surface area contributed by atoms with Crippen LogP contribution in [0.1, 0.15) is 12.8 Å². The molecule has 0 bridgehead atoms.